The Hall–Kier alpha value is -3.28. The van der Waals surface area contributed by atoms with Gasteiger partial charge in [-0.2, -0.15) is 0 Å². The summed E-state index contributed by atoms with van der Waals surface area (Å²) in [7, 11) is 3.08. The van der Waals surface area contributed by atoms with E-state index in [1.807, 2.05) is 6.92 Å². The Morgan fingerprint density at radius 3 is 2.15 bits per heavy atom. The lowest BCUT2D eigenvalue weighted by Gasteiger charge is -2.28. The number of benzene rings is 2. The number of rotatable bonds is 5. The van der Waals surface area contributed by atoms with E-state index in [2.05, 4.69) is 0 Å². The van der Waals surface area contributed by atoms with Gasteiger partial charge < -0.3 is 14.2 Å². The van der Waals surface area contributed by atoms with Crippen LogP contribution in [0.3, 0.4) is 0 Å². The van der Waals surface area contributed by atoms with Crippen LogP contribution in [0.1, 0.15) is 22.8 Å². The summed E-state index contributed by atoms with van der Waals surface area (Å²) < 4.78 is 15.7. The molecule has 2 aromatic carbocycles. The molecular weight excluding hydrogens is 334 g/mol. The monoisotopic (exact) mass is 353 g/mol. The first-order valence-electron chi connectivity index (χ1n) is 8.13. The first-order valence-corrected chi connectivity index (χ1v) is 8.13. The van der Waals surface area contributed by atoms with Crippen LogP contribution >= 0.6 is 0 Å². The van der Waals surface area contributed by atoms with E-state index in [1.165, 1.54) is 13.4 Å². The van der Waals surface area contributed by atoms with Gasteiger partial charge in [0, 0.05) is 5.56 Å². The van der Waals surface area contributed by atoms with Crippen LogP contribution in [0.2, 0.25) is 0 Å². The van der Waals surface area contributed by atoms with E-state index in [0.29, 0.717) is 40.5 Å². The van der Waals surface area contributed by atoms with Gasteiger partial charge in [-0.3, -0.25) is 9.59 Å². The number of amides is 2. The van der Waals surface area contributed by atoms with E-state index in [-0.39, 0.29) is 0 Å². The number of hydrogen-bond acceptors (Lipinski definition) is 5. The molecule has 0 fully saturated rings. The van der Waals surface area contributed by atoms with Crippen molar-refractivity contribution in [3.8, 4) is 11.5 Å². The van der Waals surface area contributed by atoms with Gasteiger partial charge in [-0.25, -0.2) is 4.90 Å². The number of fused-ring (bicyclic) bond motifs is 1. The molecular formula is C20H19NO5. The summed E-state index contributed by atoms with van der Waals surface area (Å²) in [5, 5.41) is 0. The van der Waals surface area contributed by atoms with Gasteiger partial charge in [0.25, 0.3) is 11.8 Å². The highest BCUT2D eigenvalue weighted by atomic mass is 16.5. The molecule has 26 heavy (non-hydrogen) atoms. The van der Waals surface area contributed by atoms with Gasteiger partial charge in [0.05, 0.1) is 43.9 Å². The van der Waals surface area contributed by atoms with Crippen molar-refractivity contribution >= 4 is 23.1 Å². The standard InChI is InChI=1S/C20H19NO5/c1-4-26-12-18-16-10-9-15(25-3)11-17(16)19(22)21(20(18)23)13-5-7-14(24-2)8-6-13/h5-12H,4H2,1-3H3/b18-12+. The molecule has 2 aromatic rings. The first kappa shape index (κ1) is 17.5. The zero-order chi connectivity index (χ0) is 18.7. The second-order valence-corrected chi connectivity index (χ2v) is 5.54. The molecule has 3 rings (SSSR count). The van der Waals surface area contributed by atoms with Gasteiger partial charge in [-0.15, -0.1) is 0 Å². The summed E-state index contributed by atoms with van der Waals surface area (Å²) in [5.74, 6) is 0.323. The molecule has 1 heterocycles. The molecule has 0 bridgehead atoms. The first-order chi connectivity index (χ1) is 12.6. The molecule has 1 aliphatic heterocycles. The molecule has 0 aliphatic carbocycles. The Morgan fingerprint density at radius 1 is 0.885 bits per heavy atom. The SMILES string of the molecule is CCO/C=C1/C(=O)N(c2ccc(OC)cc2)C(=O)c2cc(OC)ccc21. The zero-order valence-corrected chi connectivity index (χ0v) is 14.8. The van der Waals surface area contributed by atoms with E-state index in [9.17, 15) is 9.59 Å². The van der Waals surface area contributed by atoms with Crippen LogP contribution in [0.4, 0.5) is 5.69 Å². The van der Waals surface area contributed by atoms with Crippen molar-refractivity contribution in [1.82, 2.24) is 0 Å². The van der Waals surface area contributed by atoms with E-state index in [4.69, 9.17) is 14.2 Å². The lowest BCUT2D eigenvalue weighted by atomic mass is 9.93. The minimum Gasteiger partial charge on any atom is -0.501 e. The topological polar surface area (TPSA) is 65.1 Å². The number of imide groups is 1. The molecule has 0 unspecified atom stereocenters. The van der Waals surface area contributed by atoms with Crippen molar-refractivity contribution in [3.63, 3.8) is 0 Å². The predicted molar refractivity (Wildman–Crippen MR) is 97.4 cm³/mol. The number of methoxy groups -OCH3 is 2. The summed E-state index contributed by atoms with van der Waals surface area (Å²) in [6, 6.07) is 11.8. The summed E-state index contributed by atoms with van der Waals surface area (Å²) in [5.41, 5.74) is 1.68. The van der Waals surface area contributed by atoms with Crippen LogP contribution in [0.5, 0.6) is 11.5 Å². The lowest BCUT2D eigenvalue weighted by Crippen LogP contribution is -2.42. The van der Waals surface area contributed by atoms with Crippen LogP contribution in [-0.2, 0) is 9.53 Å². The van der Waals surface area contributed by atoms with E-state index < -0.39 is 11.8 Å². The van der Waals surface area contributed by atoms with Crippen molar-refractivity contribution < 1.29 is 23.8 Å². The number of nitrogens with zero attached hydrogens (tertiary/aromatic N) is 1. The fourth-order valence-electron chi connectivity index (χ4n) is 2.76. The van der Waals surface area contributed by atoms with Crippen molar-refractivity contribution in [2.75, 3.05) is 25.7 Å². The van der Waals surface area contributed by atoms with E-state index >= 15 is 0 Å². The lowest BCUT2D eigenvalue weighted by molar-refractivity contribution is -0.113. The molecule has 134 valence electrons. The van der Waals surface area contributed by atoms with Gasteiger partial charge in [0.1, 0.15) is 11.5 Å². The number of anilines is 1. The molecule has 1 aliphatic rings. The van der Waals surface area contributed by atoms with E-state index in [0.717, 1.165) is 4.90 Å². The summed E-state index contributed by atoms with van der Waals surface area (Å²) in [6.45, 7) is 2.24. The Balaban J connectivity index is 2.13. The summed E-state index contributed by atoms with van der Waals surface area (Å²) in [6.07, 6.45) is 1.40. The largest absolute Gasteiger partial charge is 0.501 e. The third-order valence-electron chi connectivity index (χ3n) is 4.08. The van der Waals surface area contributed by atoms with Gasteiger partial charge >= 0.3 is 0 Å². The van der Waals surface area contributed by atoms with Crippen LogP contribution in [0, 0.1) is 0 Å². The average Bonchev–Trinajstić information content (AvgIpc) is 2.68. The molecule has 0 spiro atoms. The molecule has 0 aromatic heterocycles. The highest BCUT2D eigenvalue weighted by Crippen LogP contribution is 2.34. The number of carbonyl (C=O) groups is 2. The van der Waals surface area contributed by atoms with Crippen molar-refractivity contribution in [3.05, 3.63) is 59.9 Å². The maximum Gasteiger partial charge on any atom is 0.269 e. The fraction of sp³-hybridized carbons (Fsp3) is 0.200. The van der Waals surface area contributed by atoms with Crippen molar-refractivity contribution in [2.45, 2.75) is 6.92 Å². The quantitative estimate of drug-likeness (QED) is 0.469. The fourth-order valence-corrected chi connectivity index (χ4v) is 2.76. The Kier molecular flexibility index (Phi) is 4.93. The third kappa shape index (κ3) is 3.01. The maximum absolute atomic E-state index is 13.0. The zero-order valence-electron chi connectivity index (χ0n) is 14.8. The molecule has 6 nitrogen and oxygen atoms in total. The number of carbonyl (C=O) groups excluding carboxylic acids is 2. The molecule has 6 heteroatoms. The van der Waals surface area contributed by atoms with Gasteiger partial charge in [-0.05, 0) is 49.4 Å². The third-order valence-corrected chi connectivity index (χ3v) is 4.08. The molecule has 2 amide bonds. The van der Waals surface area contributed by atoms with E-state index in [1.54, 1.807) is 49.6 Å². The molecule has 0 N–H and O–H groups in total. The molecule has 0 atom stereocenters. The minimum absolute atomic E-state index is 0.319. The van der Waals surface area contributed by atoms with Crippen LogP contribution < -0.4 is 14.4 Å². The Morgan fingerprint density at radius 2 is 1.54 bits per heavy atom. The predicted octanol–water partition coefficient (Wildman–Crippen LogP) is 3.27. The van der Waals surface area contributed by atoms with Crippen LogP contribution in [0.25, 0.3) is 5.57 Å². The second-order valence-electron chi connectivity index (χ2n) is 5.54. The Labute approximate surface area is 151 Å². The summed E-state index contributed by atoms with van der Waals surface area (Å²) in [4.78, 5) is 27.2. The molecule has 0 saturated carbocycles. The number of ether oxygens (including phenoxy) is 3. The normalized spacial score (nSPS) is 15.0. The Bertz CT molecular complexity index is 870. The smallest absolute Gasteiger partial charge is 0.269 e. The highest BCUT2D eigenvalue weighted by molar-refractivity contribution is 6.41. The number of hydrogen-bond donors (Lipinski definition) is 0. The van der Waals surface area contributed by atoms with Crippen molar-refractivity contribution in [2.24, 2.45) is 0 Å². The summed E-state index contributed by atoms with van der Waals surface area (Å²) >= 11 is 0. The van der Waals surface area contributed by atoms with Crippen LogP contribution in [-0.4, -0.2) is 32.6 Å². The highest BCUT2D eigenvalue weighted by Gasteiger charge is 2.36. The van der Waals surface area contributed by atoms with Gasteiger partial charge in [0.15, 0.2) is 0 Å². The van der Waals surface area contributed by atoms with Gasteiger partial charge in [-0.1, -0.05) is 0 Å². The van der Waals surface area contributed by atoms with Gasteiger partial charge in [0.2, 0.25) is 0 Å². The second kappa shape index (κ2) is 7.31. The molecule has 0 radical (unpaired) electrons. The molecule has 0 saturated heterocycles. The van der Waals surface area contributed by atoms with Crippen molar-refractivity contribution in [1.29, 1.82) is 0 Å². The van der Waals surface area contributed by atoms with Crippen LogP contribution in [0.15, 0.2) is 48.7 Å². The minimum atomic E-state index is -0.439. The average molecular weight is 353 g/mol. The maximum atomic E-state index is 13.0.